The molecule has 3 aliphatic heterocycles. The van der Waals surface area contributed by atoms with E-state index in [1.165, 1.54) is 4.90 Å². The molecule has 1 amide bonds. The molecule has 6 rings (SSSR count). The molecule has 0 spiro atoms. The van der Waals surface area contributed by atoms with Crippen molar-refractivity contribution >= 4 is 44.3 Å². The molecule has 0 saturated carbocycles. The molecule has 13 heteroatoms. The van der Waals surface area contributed by atoms with Gasteiger partial charge in [-0.2, -0.15) is 15.1 Å². The first-order valence-corrected chi connectivity index (χ1v) is 14.2. The maximum atomic E-state index is 15.4. The molecule has 3 aromatic rings. The number of halogens is 4. The molecule has 3 aliphatic rings. The van der Waals surface area contributed by atoms with E-state index >= 15 is 4.39 Å². The van der Waals surface area contributed by atoms with Crippen LogP contribution >= 0.6 is 27.5 Å². The van der Waals surface area contributed by atoms with Crippen LogP contribution in [0.25, 0.3) is 10.9 Å². The van der Waals surface area contributed by atoms with Gasteiger partial charge in [0.05, 0.1) is 32.5 Å². The number of hydrogen-bond donors (Lipinski definition) is 1. The zero-order valence-corrected chi connectivity index (χ0v) is 24.0. The zero-order chi connectivity index (χ0) is 27.5. The van der Waals surface area contributed by atoms with Crippen molar-refractivity contribution in [3.63, 3.8) is 0 Å². The predicted octanol–water partition coefficient (Wildman–Crippen LogP) is 4.12. The Balaban J connectivity index is 1.45. The van der Waals surface area contributed by atoms with Crippen LogP contribution in [0.15, 0.2) is 16.6 Å². The van der Waals surface area contributed by atoms with Crippen molar-refractivity contribution in [1.29, 1.82) is 0 Å². The zero-order valence-electron chi connectivity index (χ0n) is 21.7. The molecule has 1 aromatic carbocycles. The first-order valence-electron chi connectivity index (χ1n) is 13.1. The molecular formula is C26H29BrClF2N7O2. The fraction of sp³-hybridized carbons (Fsp3) is 0.538. The third-order valence-electron chi connectivity index (χ3n) is 7.98. The summed E-state index contributed by atoms with van der Waals surface area (Å²) < 4.78 is 37.9. The van der Waals surface area contributed by atoms with Crippen LogP contribution in [0.1, 0.15) is 53.6 Å². The molecule has 1 unspecified atom stereocenters. The summed E-state index contributed by atoms with van der Waals surface area (Å²) in [7, 11) is 3.28. The molecule has 1 N–H and O–H groups in total. The molecule has 2 saturated heterocycles. The van der Waals surface area contributed by atoms with Crippen LogP contribution in [0.5, 0.6) is 6.01 Å². The van der Waals surface area contributed by atoms with Gasteiger partial charge in [-0.3, -0.25) is 14.4 Å². The van der Waals surface area contributed by atoms with E-state index < -0.39 is 23.6 Å². The Hall–Kier alpha value is -2.41. The average molecular weight is 625 g/mol. The summed E-state index contributed by atoms with van der Waals surface area (Å²) >= 11 is 10.1. The van der Waals surface area contributed by atoms with E-state index in [0.29, 0.717) is 42.8 Å². The van der Waals surface area contributed by atoms with Gasteiger partial charge in [-0.15, -0.1) is 0 Å². The van der Waals surface area contributed by atoms with Crippen molar-refractivity contribution in [3.8, 4) is 6.01 Å². The fourth-order valence-corrected chi connectivity index (χ4v) is 6.76. The number of amides is 1. The number of carbonyl (C=O) groups is 1. The van der Waals surface area contributed by atoms with Crippen LogP contribution in [0.3, 0.4) is 0 Å². The molecule has 2 aromatic heterocycles. The molecule has 39 heavy (non-hydrogen) atoms. The molecule has 9 nitrogen and oxygen atoms in total. The number of aromatic nitrogens is 4. The molecule has 2 fully saturated rings. The number of nitrogens with zero attached hydrogens (tertiary/aromatic N) is 6. The maximum absolute atomic E-state index is 15.4. The number of aryl methyl sites for hydroxylation is 1. The lowest BCUT2D eigenvalue weighted by Crippen LogP contribution is -2.43. The third-order valence-corrected chi connectivity index (χ3v) is 8.97. The Bertz CT molecular complexity index is 1450. The largest absolute Gasteiger partial charge is 0.461 e. The van der Waals surface area contributed by atoms with Gasteiger partial charge in [-0.25, -0.2) is 8.78 Å². The molecular weight excluding hydrogens is 596 g/mol. The van der Waals surface area contributed by atoms with E-state index in [0.717, 1.165) is 25.8 Å². The number of carbonyl (C=O) groups excluding carboxylic acids is 1. The van der Waals surface area contributed by atoms with Crippen molar-refractivity contribution in [3.05, 3.63) is 44.5 Å². The summed E-state index contributed by atoms with van der Waals surface area (Å²) in [4.78, 5) is 25.6. The minimum atomic E-state index is -0.896. The average Bonchev–Trinajstić information content (AvgIpc) is 3.48. The first kappa shape index (κ1) is 26.8. The second kappa shape index (κ2) is 10.2. The van der Waals surface area contributed by atoms with Gasteiger partial charge >= 0.3 is 6.01 Å². The highest BCUT2D eigenvalue weighted by atomic mass is 79.9. The molecule has 208 valence electrons. The maximum Gasteiger partial charge on any atom is 0.317 e. The van der Waals surface area contributed by atoms with Gasteiger partial charge in [0.2, 0.25) is 0 Å². The molecule has 3 atom stereocenters. The van der Waals surface area contributed by atoms with E-state index in [4.69, 9.17) is 21.3 Å². The number of rotatable bonds is 5. The fourth-order valence-electron chi connectivity index (χ4n) is 6.12. The molecule has 0 radical (unpaired) electrons. The number of hydrogen-bond acceptors (Lipinski definition) is 7. The van der Waals surface area contributed by atoms with E-state index in [1.807, 2.05) is 0 Å². The standard InChI is InChI=1S/C26H29BrClF2N7O2/c1-35(2)24(38)21-17(28)23-22(31-8-4-10-37(23)34-21)20-15-5-6-16(27)18(30)19(15)32-25(33-20)39-13-26-7-3-9-36(26)12-14(29)11-26/h5-6,14,22,31H,3-4,7-13H2,1-2H3/t14-,22?,26+/m1/s1. The van der Waals surface area contributed by atoms with Crippen molar-refractivity contribution in [1.82, 2.24) is 34.9 Å². The van der Waals surface area contributed by atoms with Crippen molar-refractivity contribution in [2.45, 2.75) is 50.0 Å². The lowest BCUT2D eigenvalue weighted by Gasteiger charge is -2.31. The highest BCUT2D eigenvalue weighted by molar-refractivity contribution is 9.10. The second-order valence-corrected chi connectivity index (χ2v) is 12.0. The number of fused-ring (bicyclic) bond motifs is 3. The van der Waals surface area contributed by atoms with Gasteiger partial charge in [-0.1, -0.05) is 11.6 Å². The summed E-state index contributed by atoms with van der Waals surface area (Å²) in [6, 6.07) is 2.76. The van der Waals surface area contributed by atoms with Crippen LogP contribution in [0.4, 0.5) is 8.78 Å². The van der Waals surface area contributed by atoms with Gasteiger partial charge in [0.25, 0.3) is 5.91 Å². The van der Waals surface area contributed by atoms with Crippen LogP contribution in [-0.2, 0) is 6.54 Å². The third kappa shape index (κ3) is 4.58. The smallest absolute Gasteiger partial charge is 0.317 e. The number of nitrogens with one attached hydrogen (secondary N) is 1. The topological polar surface area (TPSA) is 88.4 Å². The minimum Gasteiger partial charge on any atom is -0.461 e. The summed E-state index contributed by atoms with van der Waals surface area (Å²) in [5.74, 6) is -0.850. The first-order chi connectivity index (χ1) is 18.7. The SMILES string of the molecule is CN(C)C(=O)c1nn2c(c1Cl)C(c1nc(OC[C@@]34CCCN3C[C@H](F)C4)nc3c(F)c(Br)ccc13)NCCC2. The van der Waals surface area contributed by atoms with Crippen molar-refractivity contribution in [2.75, 3.05) is 40.3 Å². The number of benzene rings is 1. The van der Waals surface area contributed by atoms with E-state index in [9.17, 15) is 9.18 Å². The van der Waals surface area contributed by atoms with Gasteiger partial charge in [0.1, 0.15) is 18.3 Å². The van der Waals surface area contributed by atoms with Crippen LogP contribution < -0.4 is 10.1 Å². The Labute approximate surface area is 238 Å². The number of alkyl halides is 1. The Kier molecular flexibility index (Phi) is 7.01. The van der Waals surface area contributed by atoms with E-state index in [1.54, 1.807) is 30.9 Å². The molecule has 5 heterocycles. The molecule has 0 aliphatic carbocycles. The summed E-state index contributed by atoms with van der Waals surface area (Å²) in [6.45, 7) is 2.62. The van der Waals surface area contributed by atoms with Gasteiger partial charge in [0.15, 0.2) is 11.5 Å². The minimum absolute atomic E-state index is 0.0101. The van der Waals surface area contributed by atoms with Gasteiger partial charge < -0.3 is 15.0 Å². The van der Waals surface area contributed by atoms with Gasteiger partial charge in [-0.05, 0) is 60.4 Å². The Morgan fingerprint density at radius 2 is 2.13 bits per heavy atom. The highest BCUT2D eigenvalue weighted by Gasteiger charge is 2.49. The Morgan fingerprint density at radius 1 is 1.31 bits per heavy atom. The van der Waals surface area contributed by atoms with Crippen LogP contribution in [0.2, 0.25) is 5.02 Å². The summed E-state index contributed by atoms with van der Waals surface area (Å²) in [6.07, 6.45) is 2.05. The van der Waals surface area contributed by atoms with Gasteiger partial charge in [0, 0.05) is 39.0 Å². The summed E-state index contributed by atoms with van der Waals surface area (Å²) in [5, 5.41) is 8.70. The number of ether oxygens (including phenoxy) is 1. The van der Waals surface area contributed by atoms with Crippen LogP contribution in [0, 0.1) is 5.82 Å². The lowest BCUT2D eigenvalue weighted by molar-refractivity contribution is 0.0821. The van der Waals surface area contributed by atoms with E-state index in [2.05, 4.69) is 36.2 Å². The molecule has 0 bridgehead atoms. The quantitative estimate of drug-likeness (QED) is 0.457. The van der Waals surface area contributed by atoms with E-state index in [-0.39, 0.29) is 39.2 Å². The second-order valence-electron chi connectivity index (χ2n) is 10.7. The highest BCUT2D eigenvalue weighted by Crippen LogP contribution is 2.41. The summed E-state index contributed by atoms with van der Waals surface area (Å²) in [5.41, 5.74) is 0.878. The predicted molar refractivity (Wildman–Crippen MR) is 145 cm³/mol. The normalized spacial score (nSPS) is 25.0. The Morgan fingerprint density at radius 3 is 2.92 bits per heavy atom. The monoisotopic (exact) mass is 623 g/mol. The van der Waals surface area contributed by atoms with Crippen molar-refractivity contribution in [2.24, 2.45) is 0 Å². The van der Waals surface area contributed by atoms with Crippen LogP contribution in [-0.4, -0.2) is 87.5 Å². The lowest BCUT2D eigenvalue weighted by atomic mass is 9.95. The van der Waals surface area contributed by atoms with Crippen molar-refractivity contribution < 1.29 is 18.3 Å².